The fourth-order valence-electron chi connectivity index (χ4n) is 2.47. The first-order chi connectivity index (χ1) is 9.47. The summed E-state index contributed by atoms with van der Waals surface area (Å²) in [7, 11) is 0. The quantitative estimate of drug-likeness (QED) is 0.861. The van der Waals surface area contributed by atoms with Crippen molar-refractivity contribution >= 4 is 11.6 Å². The van der Waals surface area contributed by atoms with Gasteiger partial charge in [-0.2, -0.15) is 0 Å². The second kappa shape index (κ2) is 6.38. The number of nitrogens with one attached hydrogen (secondary N) is 1. The molecule has 1 N–H and O–H groups in total. The molecule has 3 heteroatoms. The molecule has 0 amide bonds. The maximum absolute atomic E-state index is 13.1. The smallest absolute Gasteiger partial charge is 0.141 e. The molecule has 0 heterocycles. The van der Waals surface area contributed by atoms with Gasteiger partial charge in [0.15, 0.2) is 0 Å². The Bertz CT molecular complexity index is 599. The fourth-order valence-corrected chi connectivity index (χ4v) is 2.67. The van der Waals surface area contributed by atoms with E-state index in [0.29, 0.717) is 6.54 Å². The summed E-state index contributed by atoms with van der Waals surface area (Å²) in [6.45, 7) is 7.84. The zero-order chi connectivity index (χ0) is 14.7. The van der Waals surface area contributed by atoms with Crippen LogP contribution in [0.4, 0.5) is 4.39 Å². The minimum atomic E-state index is -0.374. The largest absolute Gasteiger partial charge is 0.309 e. The second-order valence-electron chi connectivity index (χ2n) is 5.23. The fraction of sp³-hybridized carbons (Fsp3) is 0.294. The lowest BCUT2D eigenvalue weighted by Gasteiger charge is -2.12. The molecular weight excluding hydrogens is 273 g/mol. The van der Waals surface area contributed by atoms with Gasteiger partial charge in [0, 0.05) is 13.1 Å². The van der Waals surface area contributed by atoms with Gasteiger partial charge in [0.05, 0.1) is 5.02 Å². The van der Waals surface area contributed by atoms with E-state index < -0.39 is 0 Å². The van der Waals surface area contributed by atoms with Crippen molar-refractivity contribution in [1.29, 1.82) is 0 Å². The minimum absolute atomic E-state index is 0.173. The Morgan fingerprint density at radius 3 is 2.25 bits per heavy atom. The van der Waals surface area contributed by atoms with Crippen LogP contribution in [0.1, 0.15) is 27.8 Å². The highest BCUT2D eigenvalue weighted by molar-refractivity contribution is 6.30. The van der Waals surface area contributed by atoms with Gasteiger partial charge >= 0.3 is 0 Å². The molecule has 2 aromatic carbocycles. The van der Waals surface area contributed by atoms with Crippen LogP contribution in [0.3, 0.4) is 0 Å². The van der Waals surface area contributed by atoms with Crippen molar-refractivity contribution in [3.8, 4) is 0 Å². The first-order valence-electron chi connectivity index (χ1n) is 6.68. The molecule has 0 saturated heterocycles. The number of halogens is 2. The zero-order valence-corrected chi connectivity index (χ0v) is 12.8. The maximum Gasteiger partial charge on any atom is 0.141 e. The van der Waals surface area contributed by atoms with Crippen LogP contribution in [0.15, 0.2) is 30.3 Å². The van der Waals surface area contributed by atoms with Gasteiger partial charge in [-0.3, -0.25) is 0 Å². The number of rotatable bonds is 4. The summed E-state index contributed by atoms with van der Waals surface area (Å²) < 4.78 is 13.1. The molecule has 0 unspecified atom stereocenters. The number of hydrogen-bond donors (Lipinski definition) is 1. The molecule has 106 valence electrons. The summed E-state index contributed by atoms with van der Waals surface area (Å²) in [5, 5.41) is 3.56. The number of benzene rings is 2. The molecular formula is C17H19ClFN. The second-order valence-corrected chi connectivity index (χ2v) is 5.64. The van der Waals surface area contributed by atoms with Crippen LogP contribution in [-0.4, -0.2) is 0 Å². The lowest BCUT2D eigenvalue weighted by atomic mass is 10.00. The van der Waals surface area contributed by atoms with E-state index in [2.05, 4.69) is 38.2 Å². The van der Waals surface area contributed by atoms with Crippen molar-refractivity contribution in [1.82, 2.24) is 5.32 Å². The van der Waals surface area contributed by atoms with E-state index in [1.807, 2.05) is 0 Å². The summed E-state index contributed by atoms with van der Waals surface area (Å²) in [5.41, 5.74) is 6.19. The van der Waals surface area contributed by atoms with Crippen LogP contribution in [0.5, 0.6) is 0 Å². The minimum Gasteiger partial charge on any atom is -0.309 e. The Hall–Kier alpha value is -1.38. The van der Waals surface area contributed by atoms with Crippen LogP contribution in [-0.2, 0) is 13.1 Å². The first kappa shape index (κ1) is 15.0. The molecule has 0 radical (unpaired) electrons. The third kappa shape index (κ3) is 3.59. The predicted molar refractivity (Wildman–Crippen MR) is 82.6 cm³/mol. The Morgan fingerprint density at radius 2 is 1.65 bits per heavy atom. The molecule has 0 spiro atoms. The van der Waals surface area contributed by atoms with E-state index in [0.717, 1.165) is 12.1 Å². The van der Waals surface area contributed by atoms with E-state index >= 15 is 0 Å². The van der Waals surface area contributed by atoms with Gasteiger partial charge in [-0.25, -0.2) is 4.39 Å². The zero-order valence-electron chi connectivity index (χ0n) is 12.1. The molecule has 0 aliphatic carbocycles. The highest BCUT2D eigenvalue weighted by atomic mass is 35.5. The van der Waals surface area contributed by atoms with Crippen molar-refractivity contribution in [3.05, 3.63) is 69.0 Å². The lowest BCUT2D eigenvalue weighted by Crippen LogP contribution is -2.14. The van der Waals surface area contributed by atoms with E-state index in [1.54, 1.807) is 12.1 Å². The van der Waals surface area contributed by atoms with Crippen molar-refractivity contribution < 1.29 is 4.39 Å². The van der Waals surface area contributed by atoms with Gasteiger partial charge in [0.1, 0.15) is 5.82 Å². The third-order valence-electron chi connectivity index (χ3n) is 3.46. The molecule has 2 aromatic rings. The van der Waals surface area contributed by atoms with Gasteiger partial charge in [0.2, 0.25) is 0 Å². The van der Waals surface area contributed by atoms with Crippen molar-refractivity contribution in [2.75, 3.05) is 0 Å². The standard InChI is InChI=1S/C17H19ClFN/c1-11-6-12(2)15(13(3)7-11)10-20-9-14-4-5-17(19)16(18)8-14/h4-8,20H,9-10H2,1-3H3. The Balaban J connectivity index is 2.01. The Morgan fingerprint density at radius 1 is 1.00 bits per heavy atom. The average molecular weight is 292 g/mol. The summed E-state index contributed by atoms with van der Waals surface area (Å²) in [6, 6.07) is 9.21. The number of aryl methyl sites for hydroxylation is 3. The van der Waals surface area contributed by atoms with Gasteiger partial charge < -0.3 is 5.32 Å². The van der Waals surface area contributed by atoms with Crippen LogP contribution in [0.25, 0.3) is 0 Å². The van der Waals surface area contributed by atoms with Crippen molar-refractivity contribution in [3.63, 3.8) is 0 Å². The molecule has 0 aliphatic heterocycles. The molecule has 0 saturated carbocycles. The van der Waals surface area contributed by atoms with E-state index in [-0.39, 0.29) is 10.8 Å². The van der Waals surface area contributed by atoms with Crippen LogP contribution < -0.4 is 5.32 Å². The van der Waals surface area contributed by atoms with Crippen LogP contribution in [0, 0.1) is 26.6 Å². The van der Waals surface area contributed by atoms with E-state index in [1.165, 1.54) is 28.3 Å². The molecule has 0 aromatic heterocycles. The highest BCUT2D eigenvalue weighted by Crippen LogP contribution is 2.18. The predicted octanol–water partition coefficient (Wildman–Crippen LogP) is 4.69. The molecule has 2 rings (SSSR count). The molecule has 20 heavy (non-hydrogen) atoms. The third-order valence-corrected chi connectivity index (χ3v) is 3.74. The van der Waals surface area contributed by atoms with Crippen molar-refractivity contribution in [2.24, 2.45) is 0 Å². The molecule has 0 aliphatic rings. The van der Waals surface area contributed by atoms with Crippen molar-refractivity contribution in [2.45, 2.75) is 33.9 Å². The van der Waals surface area contributed by atoms with Gasteiger partial charge in [0.25, 0.3) is 0 Å². The number of hydrogen-bond acceptors (Lipinski definition) is 1. The molecule has 1 nitrogen and oxygen atoms in total. The summed E-state index contributed by atoms with van der Waals surface area (Å²) >= 11 is 5.77. The van der Waals surface area contributed by atoms with E-state index in [4.69, 9.17) is 11.6 Å². The molecule has 0 atom stereocenters. The Kier molecular flexibility index (Phi) is 4.79. The summed E-state index contributed by atoms with van der Waals surface area (Å²) in [6.07, 6.45) is 0. The molecule has 0 fully saturated rings. The normalized spacial score (nSPS) is 10.8. The SMILES string of the molecule is Cc1cc(C)c(CNCc2ccc(F)c(Cl)c2)c(C)c1. The van der Waals surface area contributed by atoms with Crippen LogP contribution in [0.2, 0.25) is 5.02 Å². The van der Waals surface area contributed by atoms with Gasteiger partial charge in [-0.05, 0) is 55.2 Å². The van der Waals surface area contributed by atoms with Crippen LogP contribution >= 0.6 is 11.6 Å². The Labute approximate surface area is 124 Å². The maximum atomic E-state index is 13.1. The first-order valence-corrected chi connectivity index (χ1v) is 7.06. The highest BCUT2D eigenvalue weighted by Gasteiger charge is 2.04. The summed E-state index contributed by atoms with van der Waals surface area (Å²) in [5.74, 6) is -0.374. The van der Waals surface area contributed by atoms with Gasteiger partial charge in [-0.15, -0.1) is 0 Å². The lowest BCUT2D eigenvalue weighted by molar-refractivity contribution is 0.625. The van der Waals surface area contributed by atoms with Gasteiger partial charge in [-0.1, -0.05) is 35.4 Å². The summed E-state index contributed by atoms with van der Waals surface area (Å²) in [4.78, 5) is 0. The monoisotopic (exact) mass is 291 g/mol. The van der Waals surface area contributed by atoms with E-state index in [9.17, 15) is 4.39 Å². The average Bonchev–Trinajstić information content (AvgIpc) is 2.36. The topological polar surface area (TPSA) is 12.0 Å². The molecule has 0 bridgehead atoms.